The Bertz CT molecular complexity index is 916. The molecule has 1 unspecified atom stereocenters. The number of phenolic OH excluding ortho intramolecular Hbond substituents is 1. The van der Waals surface area contributed by atoms with Crippen LogP contribution in [0.2, 0.25) is 0 Å². The van der Waals surface area contributed by atoms with Crippen LogP contribution in [0.3, 0.4) is 0 Å². The van der Waals surface area contributed by atoms with Crippen molar-refractivity contribution in [1.82, 2.24) is 15.1 Å². The van der Waals surface area contributed by atoms with E-state index in [1.807, 2.05) is 38.1 Å². The fourth-order valence-electron chi connectivity index (χ4n) is 5.18. The summed E-state index contributed by atoms with van der Waals surface area (Å²) in [5.74, 6) is 0.203. The third-order valence-electron chi connectivity index (χ3n) is 7.53. The maximum absolute atomic E-state index is 10.7. The van der Waals surface area contributed by atoms with Gasteiger partial charge in [0.05, 0.1) is 24.9 Å². The SMILES string of the molecule is C.C.Cc1ccc([C@@H](O)[C@@H](CN2CCCC2)NC(C)CO)cc1.N[C@H](CN1CCCC1)[C@H](O)c1ccc(O)cc1. The zero-order chi connectivity index (χ0) is 27.5. The van der Waals surface area contributed by atoms with Gasteiger partial charge in [0.2, 0.25) is 0 Å². The van der Waals surface area contributed by atoms with Gasteiger partial charge in [0.25, 0.3) is 0 Å². The topological polar surface area (TPSA) is 125 Å². The Morgan fingerprint density at radius 3 is 1.73 bits per heavy atom. The van der Waals surface area contributed by atoms with Crippen molar-refractivity contribution >= 4 is 0 Å². The number of nitrogens with two attached hydrogens (primary N) is 1. The molecule has 0 bridgehead atoms. The van der Waals surface area contributed by atoms with E-state index in [1.165, 1.54) is 31.2 Å². The summed E-state index contributed by atoms with van der Waals surface area (Å²) in [6.07, 6.45) is 3.70. The van der Waals surface area contributed by atoms with Crippen molar-refractivity contribution in [3.05, 3.63) is 65.2 Å². The number of benzene rings is 2. The molecule has 228 valence electrons. The molecule has 4 rings (SSSR count). The molecular weight excluding hydrogens is 504 g/mol. The molecule has 2 aliphatic rings. The van der Waals surface area contributed by atoms with Crippen LogP contribution in [0.4, 0.5) is 0 Å². The van der Waals surface area contributed by atoms with Crippen molar-refractivity contribution in [2.75, 3.05) is 45.9 Å². The Morgan fingerprint density at radius 1 is 0.775 bits per heavy atom. The lowest BCUT2D eigenvalue weighted by atomic mass is 10.00. The summed E-state index contributed by atoms with van der Waals surface area (Å²) >= 11 is 0. The number of rotatable bonds is 11. The molecule has 2 saturated heterocycles. The van der Waals surface area contributed by atoms with E-state index in [4.69, 9.17) is 5.73 Å². The van der Waals surface area contributed by atoms with Gasteiger partial charge in [-0.2, -0.15) is 0 Å². The summed E-state index contributed by atoms with van der Waals surface area (Å²) in [5.41, 5.74) is 8.90. The van der Waals surface area contributed by atoms with Crippen LogP contribution in [0, 0.1) is 6.92 Å². The Hall–Kier alpha value is -2.04. The smallest absolute Gasteiger partial charge is 0.115 e. The van der Waals surface area contributed by atoms with E-state index in [0.29, 0.717) is 0 Å². The second kappa shape index (κ2) is 18.4. The van der Waals surface area contributed by atoms with Crippen molar-refractivity contribution in [2.45, 2.75) is 84.7 Å². The minimum atomic E-state index is -0.670. The number of likely N-dealkylation sites (tertiary alicyclic amines) is 2. The van der Waals surface area contributed by atoms with Crippen molar-refractivity contribution in [2.24, 2.45) is 5.73 Å². The molecule has 2 aliphatic heterocycles. The lowest BCUT2D eigenvalue weighted by molar-refractivity contribution is 0.0937. The van der Waals surface area contributed by atoms with Gasteiger partial charge in [-0.15, -0.1) is 0 Å². The molecule has 0 aromatic heterocycles. The van der Waals surface area contributed by atoms with Gasteiger partial charge in [-0.1, -0.05) is 56.8 Å². The summed E-state index contributed by atoms with van der Waals surface area (Å²) in [6.45, 7) is 9.98. The molecule has 0 radical (unpaired) electrons. The monoisotopic (exact) mass is 560 g/mol. The van der Waals surface area contributed by atoms with Crippen molar-refractivity contribution in [3.8, 4) is 5.75 Å². The van der Waals surface area contributed by atoms with Crippen molar-refractivity contribution in [1.29, 1.82) is 0 Å². The van der Waals surface area contributed by atoms with E-state index < -0.39 is 12.2 Å². The maximum atomic E-state index is 10.7. The number of aliphatic hydroxyl groups is 3. The van der Waals surface area contributed by atoms with Crippen LogP contribution in [-0.4, -0.2) is 94.2 Å². The van der Waals surface area contributed by atoms with Crippen LogP contribution < -0.4 is 11.1 Å². The molecule has 7 N–H and O–H groups in total. The molecule has 2 heterocycles. The molecule has 8 heteroatoms. The maximum Gasteiger partial charge on any atom is 0.115 e. The van der Waals surface area contributed by atoms with Crippen LogP contribution in [0.15, 0.2) is 48.5 Å². The molecule has 0 saturated carbocycles. The van der Waals surface area contributed by atoms with E-state index in [2.05, 4.69) is 15.1 Å². The first-order valence-corrected chi connectivity index (χ1v) is 14.1. The minimum absolute atomic E-state index is 0. The first kappa shape index (κ1) is 36.0. The molecule has 0 amide bonds. The van der Waals surface area contributed by atoms with Gasteiger partial charge >= 0.3 is 0 Å². The molecule has 8 nitrogen and oxygen atoms in total. The van der Waals surface area contributed by atoms with Gasteiger partial charge in [-0.25, -0.2) is 0 Å². The summed E-state index contributed by atoms with van der Waals surface area (Å²) < 4.78 is 0. The molecule has 2 aromatic carbocycles. The highest BCUT2D eigenvalue weighted by atomic mass is 16.3. The number of aliphatic hydroxyl groups excluding tert-OH is 3. The molecule has 2 aromatic rings. The van der Waals surface area contributed by atoms with E-state index >= 15 is 0 Å². The lowest BCUT2D eigenvalue weighted by Gasteiger charge is -2.31. The average molecular weight is 561 g/mol. The molecular formula is C32H56N4O4. The van der Waals surface area contributed by atoms with Gasteiger partial charge < -0.3 is 41.3 Å². The van der Waals surface area contributed by atoms with Crippen LogP contribution in [0.25, 0.3) is 0 Å². The second-order valence-electron chi connectivity index (χ2n) is 10.9. The molecule has 40 heavy (non-hydrogen) atoms. The molecule has 0 aliphatic carbocycles. The first-order valence-electron chi connectivity index (χ1n) is 14.1. The summed E-state index contributed by atoms with van der Waals surface area (Å²) in [6, 6.07) is 14.2. The number of aryl methyl sites for hydroxylation is 1. The Balaban J connectivity index is 0.000000388. The number of phenols is 1. The number of nitrogens with zero attached hydrogens (tertiary/aromatic N) is 2. The van der Waals surface area contributed by atoms with Crippen LogP contribution >= 0.6 is 0 Å². The highest BCUT2D eigenvalue weighted by Crippen LogP contribution is 2.21. The zero-order valence-electron chi connectivity index (χ0n) is 23.0. The van der Waals surface area contributed by atoms with Gasteiger partial charge in [0.15, 0.2) is 0 Å². The highest BCUT2D eigenvalue weighted by Gasteiger charge is 2.26. The van der Waals surface area contributed by atoms with E-state index in [-0.39, 0.29) is 45.3 Å². The standard InChI is InChI=1S/C17H28N2O2.C13H20N2O2.2CH4/c1-13-5-7-15(8-6-13)17(21)16(18-14(2)12-20)11-19-9-3-4-10-19;14-12(9-15-7-1-2-8-15)13(17)10-3-5-11(16)6-4-10;;/h5-8,14,16-18,20-21H,3-4,9-12H2,1-2H3;3-6,12-13,16-17H,1-2,7-9,14H2;2*1H4/t14?,16-,17-;12-,13-;;/m11../s1. The van der Waals surface area contributed by atoms with E-state index in [9.17, 15) is 20.4 Å². The van der Waals surface area contributed by atoms with Crippen molar-refractivity contribution in [3.63, 3.8) is 0 Å². The quantitative estimate of drug-likeness (QED) is 0.246. The third-order valence-corrected chi connectivity index (χ3v) is 7.53. The van der Waals surface area contributed by atoms with Gasteiger partial charge in [-0.3, -0.25) is 0 Å². The number of hydrogen-bond acceptors (Lipinski definition) is 8. The Labute approximate surface area is 242 Å². The summed E-state index contributed by atoms with van der Waals surface area (Å²) in [5, 5.41) is 42.6. The minimum Gasteiger partial charge on any atom is -0.508 e. The van der Waals surface area contributed by atoms with Gasteiger partial charge in [-0.05, 0) is 89.0 Å². The zero-order valence-corrected chi connectivity index (χ0v) is 23.0. The predicted molar refractivity (Wildman–Crippen MR) is 165 cm³/mol. The normalized spacial score (nSPS) is 19.4. The average Bonchev–Trinajstić information content (AvgIpc) is 3.63. The summed E-state index contributed by atoms with van der Waals surface area (Å²) in [7, 11) is 0. The van der Waals surface area contributed by atoms with Crippen LogP contribution in [0.1, 0.15) is 76.4 Å². The van der Waals surface area contributed by atoms with Crippen LogP contribution in [-0.2, 0) is 0 Å². The third kappa shape index (κ3) is 11.4. The predicted octanol–water partition coefficient (Wildman–Crippen LogP) is 3.58. The van der Waals surface area contributed by atoms with Crippen LogP contribution in [0.5, 0.6) is 5.75 Å². The lowest BCUT2D eigenvalue weighted by Crippen LogP contribution is -2.48. The first-order chi connectivity index (χ1) is 18.3. The fraction of sp³-hybridized carbons (Fsp3) is 0.625. The molecule has 0 spiro atoms. The number of nitrogens with one attached hydrogen (secondary N) is 1. The van der Waals surface area contributed by atoms with Gasteiger partial charge in [0, 0.05) is 25.2 Å². The second-order valence-corrected chi connectivity index (χ2v) is 10.9. The highest BCUT2D eigenvalue weighted by molar-refractivity contribution is 5.28. The fourth-order valence-corrected chi connectivity index (χ4v) is 5.18. The molecule has 5 atom stereocenters. The Kier molecular flexibility index (Phi) is 16.6. The largest absolute Gasteiger partial charge is 0.508 e. The number of aromatic hydroxyl groups is 1. The molecule has 2 fully saturated rings. The Morgan fingerprint density at radius 2 is 1.23 bits per heavy atom. The number of hydrogen-bond donors (Lipinski definition) is 6. The van der Waals surface area contributed by atoms with Crippen molar-refractivity contribution < 1.29 is 20.4 Å². The van der Waals surface area contributed by atoms with E-state index in [1.54, 1.807) is 24.3 Å². The van der Waals surface area contributed by atoms with E-state index in [0.717, 1.165) is 50.4 Å². The van der Waals surface area contributed by atoms with Gasteiger partial charge in [0.1, 0.15) is 5.75 Å². The summed E-state index contributed by atoms with van der Waals surface area (Å²) in [4.78, 5) is 4.67.